The minimum atomic E-state index is -0.645. The predicted octanol–water partition coefficient (Wildman–Crippen LogP) is 4.67. The summed E-state index contributed by atoms with van der Waals surface area (Å²) in [6.07, 6.45) is 0. The number of carbonyl (C=O) groups is 2. The van der Waals surface area contributed by atoms with Crippen LogP contribution in [0, 0.1) is 13.8 Å². The molecular weight excluding hydrogens is 400 g/mol. The van der Waals surface area contributed by atoms with Crippen LogP contribution in [0.5, 0.6) is 5.75 Å². The summed E-state index contributed by atoms with van der Waals surface area (Å²) in [5.74, 6) is 0.0948. The lowest BCUT2D eigenvalue weighted by Gasteiger charge is -2.31. The zero-order valence-electron chi connectivity index (χ0n) is 18.6. The molecule has 0 spiro atoms. The van der Waals surface area contributed by atoms with E-state index in [1.54, 1.807) is 30.0 Å². The molecule has 0 heterocycles. The van der Waals surface area contributed by atoms with Gasteiger partial charge < -0.3 is 15.0 Å². The lowest BCUT2D eigenvalue weighted by atomic mass is 10.1. The first-order chi connectivity index (χ1) is 14.0. The molecule has 2 rings (SSSR count). The molecule has 6 heteroatoms. The second-order valence-electron chi connectivity index (χ2n) is 8.62. The van der Waals surface area contributed by atoms with Gasteiger partial charge in [-0.05, 0) is 70.9 Å². The topological polar surface area (TPSA) is 58.6 Å². The molecule has 2 aromatic rings. The van der Waals surface area contributed by atoms with Gasteiger partial charge in [0.25, 0.3) is 5.91 Å². The van der Waals surface area contributed by atoms with Crippen molar-refractivity contribution in [1.82, 2.24) is 10.2 Å². The molecular formula is C24H31ClN2O3. The maximum absolute atomic E-state index is 13.0. The smallest absolute Gasteiger partial charge is 0.261 e. The highest BCUT2D eigenvalue weighted by molar-refractivity contribution is 6.31. The summed E-state index contributed by atoms with van der Waals surface area (Å²) in [5.41, 5.74) is 2.57. The number of nitrogens with zero attached hydrogens (tertiary/aromatic N) is 1. The number of amides is 2. The first-order valence-corrected chi connectivity index (χ1v) is 10.4. The van der Waals surface area contributed by atoms with E-state index in [-0.39, 0.29) is 24.0 Å². The molecule has 0 radical (unpaired) electrons. The Hall–Kier alpha value is -2.53. The molecule has 0 saturated heterocycles. The highest BCUT2D eigenvalue weighted by Gasteiger charge is 2.28. The van der Waals surface area contributed by atoms with E-state index in [1.165, 1.54) is 0 Å². The van der Waals surface area contributed by atoms with Crippen molar-refractivity contribution in [3.63, 3.8) is 0 Å². The molecule has 30 heavy (non-hydrogen) atoms. The van der Waals surface area contributed by atoms with Crippen LogP contribution in [-0.2, 0) is 16.1 Å². The SMILES string of the molecule is Cc1ccc(CN(C(=O)COc2ccc(Cl)c(C)c2)C(C)C(=O)NC(C)(C)C)cc1. The van der Waals surface area contributed by atoms with Crippen LogP contribution in [0.4, 0.5) is 0 Å². The number of hydrogen-bond acceptors (Lipinski definition) is 3. The second kappa shape index (κ2) is 9.98. The molecule has 1 N–H and O–H groups in total. The van der Waals surface area contributed by atoms with Crippen molar-refractivity contribution in [2.75, 3.05) is 6.61 Å². The number of carbonyl (C=O) groups excluding carboxylic acids is 2. The number of hydrogen-bond donors (Lipinski definition) is 1. The van der Waals surface area contributed by atoms with Crippen LogP contribution >= 0.6 is 11.6 Å². The Morgan fingerprint density at radius 1 is 1.10 bits per heavy atom. The minimum absolute atomic E-state index is 0.167. The monoisotopic (exact) mass is 430 g/mol. The molecule has 0 saturated carbocycles. The van der Waals surface area contributed by atoms with Crippen molar-refractivity contribution in [3.05, 3.63) is 64.2 Å². The average Bonchev–Trinajstić information content (AvgIpc) is 2.66. The van der Waals surface area contributed by atoms with Gasteiger partial charge in [-0.1, -0.05) is 41.4 Å². The van der Waals surface area contributed by atoms with E-state index < -0.39 is 6.04 Å². The summed E-state index contributed by atoms with van der Waals surface area (Å²) in [6, 6.07) is 12.5. The van der Waals surface area contributed by atoms with Gasteiger partial charge in [-0.2, -0.15) is 0 Å². The Kier molecular flexibility index (Phi) is 7.90. The van der Waals surface area contributed by atoms with Crippen LogP contribution in [0.3, 0.4) is 0 Å². The highest BCUT2D eigenvalue weighted by Crippen LogP contribution is 2.21. The average molecular weight is 431 g/mol. The molecule has 1 atom stereocenters. The Morgan fingerprint density at radius 3 is 2.30 bits per heavy atom. The van der Waals surface area contributed by atoms with Gasteiger partial charge >= 0.3 is 0 Å². The maximum Gasteiger partial charge on any atom is 0.261 e. The van der Waals surface area contributed by atoms with Crippen LogP contribution in [-0.4, -0.2) is 34.9 Å². The van der Waals surface area contributed by atoms with Gasteiger partial charge in [-0.15, -0.1) is 0 Å². The number of ether oxygens (including phenoxy) is 1. The summed E-state index contributed by atoms with van der Waals surface area (Å²) < 4.78 is 5.69. The summed E-state index contributed by atoms with van der Waals surface area (Å²) >= 11 is 6.05. The molecule has 0 fully saturated rings. The second-order valence-corrected chi connectivity index (χ2v) is 9.03. The van der Waals surface area contributed by atoms with Gasteiger partial charge in [0.05, 0.1) is 0 Å². The van der Waals surface area contributed by atoms with Crippen LogP contribution in [0.25, 0.3) is 0 Å². The third kappa shape index (κ3) is 7.06. The Labute approximate surface area is 184 Å². The van der Waals surface area contributed by atoms with Crippen LogP contribution in [0.15, 0.2) is 42.5 Å². The quantitative estimate of drug-likeness (QED) is 0.694. The Balaban J connectivity index is 2.17. The molecule has 162 valence electrons. The van der Waals surface area contributed by atoms with Crippen LogP contribution in [0.2, 0.25) is 5.02 Å². The van der Waals surface area contributed by atoms with E-state index in [1.807, 2.05) is 58.9 Å². The van der Waals surface area contributed by atoms with E-state index in [4.69, 9.17) is 16.3 Å². The minimum Gasteiger partial charge on any atom is -0.484 e. The van der Waals surface area contributed by atoms with E-state index >= 15 is 0 Å². The van der Waals surface area contributed by atoms with Gasteiger partial charge in [0, 0.05) is 17.1 Å². The molecule has 0 aliphatic carbocycles. The van der Waals surface area contributed by atoms with Crippen LogP contribution in [0.1, 0.15) is 44.4 Å². The molecule has 0 aromatic heterocycles. The van der Waals surface area contributed by atoms with Crippen molar-refractivity contribution in [2.24, 2.45) is 0 Å². The standard InChI is InChI=1S/C24H31ClN2O3/c1-16-7-9-19(10-8-16)14-27(18(3)23(29)26-24(4,5)6)22(28)15-30-20-11-12-21(25)17(2)13-20/h7-13,18H,14-15H2,1-6H3,(H,26,29). The third-order valence-electron chi connectivity index (χ3n) is 4.63. The number of halogens is 1. The predicted molar refractivity (Wildman–Crippen MR) is 121 cm³/mol. The zero-order valence-corrected chi connectivity index (χ0v) is 19.3. The summed E-state index contributed by atoms with van der Waals surface area (Å²) in [4.78, 5) is 27.3. The van der Waals surface area contributed by atoms with Gasteiger partial charge in [-0.3, -0.25) is 9.59 Å². The van der Waals surface area contributed by atoms with Crippen molar-refractivity contribution >= 4 is 23.4 Å². The van der Waals surface area contributed by atoms with Crippen molar-refractivity contribution < 1.29 is 14.3 Å². The summed E-state index contributed by atoms with van der Waals surface area (Å²) in [6.45, 7) is 11.5. The molecule has 1 unspecified atom stereocenters. The highest BCUT2D eigenvalue weighted by atomic mass is 35.5. The lowest BCUT2D eigenvalue weighted by molar-refractivity contribution is -0.142. The summed E-state index contributed by atoms with van der Waals surface area (Å²) in [7, 11) is 0. The van der Waals surface area contributed by atoms with Crippen molar-refractivity contribution in [2.45, 2.75) is 59.7 Å². The van der Waals surface area contributed by atoms with Gasteiger partial charge in [0.2, 0.25) is 5.91 Å². The summed E-state index contributed by atoms with van der Waals surface area (Å²) in [5, 5.41) is 3.59. The van der Waals surface area contributed by atoms with E-state index in [0.29, 0.717) is 17.3 Å². The molecule has 0 aliphatic heterocycles. The van der Waals surface area contributed by atoms with Crippen LogP contribution < -0.4 is 10.1 Å². The van der Waals surface area contributed by atoms with E-state index in [2.05, 4.69) is 5.32 Å². The maximum atomic E-state index is 13.0. The fourth-order valence-corrected chi connectivity index (χ4v) is 3.00. The van der Waals surface area contributed by atoms with E-state index in [0.717, 1.165) is 16.7 Å². The molecule has 0 aliphatic rings. The van der Waals surface area contributed by atoms with E-state index in [9.17, 15) is 9.59 Å². The molecule has 0 bridgehead atoms. The number of nitrogens with one attached hydrogen (secondary N) is 1. The molecule has 2 amide bonds. The third-order valence-corrected chi connectivity index (χ3v) is 5.05. The van der Waals surface area contributed by atoms with Crippen molar-refractivity contribution in [3.8, 4) is 5.75 Å². The normalized spacial score (nSPS) is 12.2. The fourth-order valence-electron chi connectivity index (χ4n) is 2.88. The number of rotatable bonds is 7. The van der Waals surface area contributed by atoms with Gasteiger partial charge in [0.15, 0.2) is 6.61 Å². The lowest BCUT2D eigenvalue weighted by Crippen LogP contribution is -2.53. The molecule has 2 aromatic carbocycles. The fraction of sp³-hybridized carbons (Fsp3) is 0.417. The first-order valence-electron chi connectivity index (χ1n) is 10.0. The first kappa shape index (κ1) is 23.7. The van der Waals surface area contributed by atoms with Gasteiger partial charge in [0.1, 0.15) is 11.8 Å². The Morgan fingerprint density at radius 2 is 1.73 bits per heavy atom. The zero-order chi connectivity index (χ0) is 22.5. The Bertz CT molecular complexity index is 888. The van der Waals surface area contributed by atoms with Crippen molar-refractivity contribution in [1.29, 1.82) is 0 Å². The number of aryl methyl sites for hydroxylation is 2. The number of benzene rings is 2. The van der Waals surface area contributed by atoms with Gasteiger partial charge in [-0.25, -0.2) is 0 Å². The largest absolute Gasteiger partial charge is 0.484 e. The molecule has 5 nitrogen and oxygen atoms in total.